The fourth-order valence-electron chi connectivity index (χ4n) is 2.53. The van der Waals surface area contributed by atoms with Crippen LogP contribution in [-0.4, -0.2) is 78.1 Å². The van der Waals surface area contributed by atoms with Gasteiger partial charge in [0, 0.05) is 32.7 Å². The predicted molar refractivity (Wildman–Crippen MR) is 70.2 cm³/mol. The number of hydrogen-bond acceptors (Lipinski definition) is 4. The second-order valence-electron chi connectivity index (χ2n) is 4.97. The Kier molecular flexibility index (Phi) is 4.78. The first-order valence-electron chi connectivity index (χ1n) is 6.85. The summed E-state index contributed by atoms with van der Waals surface area (Å²) in [5.41, 5.74) is 0. The van der Waals surface area contributed by atoms with Gasteiger partial charge in [0.15, 0.2) is 0 Å². The highest BCUT2D eigenvalue weighted by Crippen LogP contribution is 2.13. The molecule has 0 spiro atoms. The summed E-state index contributed by atoms with van der Waals surface area (Å²) in [6, 6.07) is -1.15. The minimum absolute atomic E-state index is 0.241. The molecular weight excluding hydrogens is 264 g/mol. The Bertz CT molecular complexity index is 393. The second kappa shape index (κ2) is 6.56. The number of piperazine rings is 1. The van der Waals surface area contributed by atoms with Crippen molar-refractivity contribution in [1.29, 1.82) is 0 Å². The van der Waals surface area contributed by atoms with Gasteiger partial charge in [0.2, 0.25) is 5.91 Å². The summed E-state index contributed by atoms with van der Waals surface area (Å²) in [6.07, 6.45) is 0.499. The van der Waals surface area contributed by atoms with Crippen molar-refractivity contribution in [3.63, 3.8) is 0 Å². The quantitative estimate of drug-likeness (QED) is 0.583. The largest absolute Gasteiger partial charge is 0.481 e. The highest BCUT2D eigenvalue weighted by molar-refractivity contribution is 5.91. The Morgan fingerprint density at radius 2 is 2.00 bits per heavy atom. The van der Waals surface area contributed by atoms with Crippen LogP contribution in [0.15, 0.2) is 0 Å². The van der Waals surface area contributed by atoms with Crippen molar-refractivity contribution < 1.29 is 19.5 Å². The van der Waals surface area contributed by atoms with Crippen molar-refractivity contribution in [3.05, 3.63) is 0 Å². The summed E-state index contributed by atoms with van der Waals surface area (Å²) < 4.78 is 0. The molecule has 2 saturated heterocycles. The van der Waals surface area contributed by atoms with Crippen LogP contribution in [0.2, 0.25) is 0 Å². The van der Waals surface area contributed by atoms with Crippen molar-refractivity contribution in [2.24, 2.45) is 0 Å². The average molecular weight is 284 g/mol. The van der Waals surface area contributed by atoms with Crippen LogP contribution in [-0.2, 0) is 9.59 Å². The molecule has 1 unspecified atom stereocenters. The van der Waals surface area contributed by atoms with Gasteiger partial charge < -0.3 is 25.5 Å². The van der Waals surface area contributed by atoms with Gasteiger partial charge in [-0.25, -0.2) is 4.79 Å². The summed E-state index contributed by atoms with van der Waals surface area (Å²) in [5, 5.41) is 14.7. The smallest absolute Gasteiger partial charge is 0.320 e. The van der Waals surface area contributed by atoms with Crippen LogP contribution in [0, 0.1) is 0 Å². The average Bonchev–Trinajstić information content (AvgIpc) is 2.69. The maximum Gasteiger partial charge on any atom is 0.320 e. The van der Waals surface area contributed by atoms with Gasteiger partial charge in [0.1, 0.15) is 6.04 Å². The molecule has 2 aliphatic rings. The third kappa shape index (κ3) is 3.38. The maximum atomic E-state index is 12.5. The van der Waals surface area contributed by atoms with E-state index in [1.54, 1.807) is 4.90 Å². The van der Waals surface area contributed by atoms with E-state index in [9.17, 15) is 14.4 Å². The van der Waals surface area contributed by atoms with Gasteiger partial charge in [-0.15, -0.1) is 0 Å². The summed E-state index contributed by atoms with van der Waals surface area (Å²) in [6.45, 7) is 3.51. The maximum absolute atomic E-state index is 12.5. The molecule has 2 fully saturated rings. The van der Waals surface area contributed by atoms with E-state index in [-0.39, 0.29) is 18.4 Å². The van der Waals surface area contributed by atoms with Gasteiger partial charge in [-0.3, -0.25) is 9.59 Å². The molecule has 112 valence electrons. The molecule has 0 aromatic heterocycles. The SMILES string of the molecule is O=C(O)CC1C(=O)NCCN1C(=O)N1CCCNCC1. The molecule has 8 heteroatoms. The predicted octanol–water partition coefficient (Wildman–Crippen LogP) is -1.32. The summed E-state index contributed by atoms with van der Waals surface area (Å²) >= 11 is 0. The van der Waals surface area contributed by atoms with Crippen molar-refractivity contribution in [2.45, 2.75) is 18.9 Å². The van der Waals surface area contributed by atoms with Crippen LogP contribution in [0.4, 0.5) is 4.79 Å². The molecule has 0 bridgehead atoms. The zero-order valence-electron chi connectivity index (χ0n) is 11.3. The zero-order valence-corrected chi connectivity index (χ0v) is 11.3. The van der Waals surface area contributed by atoms with Gasteiger partial charge in [-0.1, -0.05) is 0 Å². The normalized spacial score (nSPS) is 24.0. The first-order valence-corrected chi connectivity index (χ1v) is 6.85. The van der Waals surface area contributed by atoms with Crippen LogP contribution in [0.3, 0.4) is 0 Å². The van der Waals surface area contributed by atoms with Crippen LogP contribution in [0.1, 0.15) is 12.8 Å². The van der Waals surface area contributed by atoms with Crippen molar-refractivity contribution in [3.8, 4) is 0 Å². The van der Waals surface area contributed by atoms with Crippen LogP contribution in [0.25, 0.3) is 0 Å². The topological polar surface area (TPSA) is 102 Å². The molecule has 0 aromatic carbocycles. The molecule has 2 heterocycles. The van der Waals surface area contributed by atoms with Gasteiger partial charge >= 0.3 is 12.0 Å². The highest BCUT2D eigenvalue weighted by Gasteiger charge is 2.36. The van der Waals surface area contributed by atoms with E-state index in [1.165, 1.54) is 4.90 Å². The number of carbonyl (C=O) groups is 3. The van der Waals surface area contributed by atoms with E-state index < -0.39 is 12.0 Å². The van der Waals surface area contributed by atoms with Gasteiger partial charge in [0.05, 0.1) is 6.42 Å². The zero-order chi connectivity index (χ0) is 14.5. The number of carboxylic acid groups (broad SMARTS) is 1. The van der Waals surface area contributed by atoms with Crippen molar-refractivity contribution in [1.82, 2.24) is 20.4 Å². The monoisotopic (exact) mass is 284 g/mol. The molecule has 2 aliphatic heterocycles. The Balaban J connectivity index is 2.07. The molecule has 20 heavy (non-hydrogen) atoms. The fraction of sp³-hybridized carbons (Fsp3) is 0.750. The molecule has 0 saturated carbocycles. The number of carbonyl (C=O) groups excluding carboxylic acids is 2. The Morgan fingerprint density at radius 3 is 2.75 bits per heavy atom. The lowest BCUT2D eigenvalue weighted by atomic mass is 10.1. The van der Waals surface area contributed by atoms with Gasteiger partial charge in [-0.2, -0.15) is 0 Å². The summed E-state index contributed by atoms with van der Waals surface area (Å²) in [5.74, 6) is -1.47. The molecule has 3 amide bonds. The van der Waals surface area contributed by atoms with E-state index >= 15 is 0 Å². The van der Waals surface area contributed by atoms with E-state index in [1.807, 2.05) is 0 Å². The van der Waals surface area contributed by atoms with E-state index in [2.05, 4.69) is 10.6 Å². The number of carboxylic acids is 1. The van der Waals surface area contributed by atoms with E-state index in [0.29, 0.717) is 26.2 Å². The molecule has 8 nitrogen and oxygen atoms in total. The first-order chi connectivity index (χ1) is 9.59. The summed E-state index contributed by atoms with van der Waals surface area (Å²) in [7, 11) is 0. The lowest BCUT2D eigenvalue weighted by Crippen LogP contribution is -2.60. The molecular formula is C12H20N4O4. The number of hydrogen-bond donors (Lipinski definition) is 3. The number of aliphatic carboxylic acids is 1. The molecule has 2 rings (SSSR count). The summed E-state index contributed by atoms with van der Waals surface area (Å²) in [4.78, 5) is 38.2. The van der Waals surface area contributed by atoms with Gasteiger partial charge in [0.25, 0.3) is 0 Å². The Hall–Kier alpha value is -1.83. The van der Waals surface area contributed by atoms with Crippen molar-refractivity contribution >= 4 is 17.9 Å². The molecule has 1 atom stereocenters. The molecule has 0 aromatic rings. The third-order valence-electron chi connectivity index (χ3n) is 3.56. The Labute approximate surface area is 117 Å². The number of nitrogens with zero attached hydrogens (tertiary/aromatic N) is 2. The number of nitrogens with one attached hydrogen (secondary N) is 2. The molecule has 0 radical (unpaired) electrons. The number of urea groups is 1. The van der Waals surface area contributed by atoms with E-state index in [4.69, 9.17) is 5.11 Å². The van der Waals surface area contributed by atoms with E-state index in [0.717, 1.165) is 19.5 Å². The number of amides is 3. The number of rotatable bonds is 2. The van der Waals surface area contributed by atoms with Gasteiger partial charge in [-0.05, 0) is 13.0 Å². The first kappa shape index (κ1) is 14.6. The second-order valence-corrected chi connectivity index (χ2v) is 4.97. The molecule has 0 aliphatic carbocycles. The fourth-order valence-corrected chi connectivity index (χ4v) is 2.53. The minimum atomic E-state index is -1.08. The van der Waals surface area contributed by atoms with Crippen LogP contribution in [0.5, 0.6) is 0 Å². The van der Waals surface area contributed by atoms with Crippen molar-refractivity contribution in [2.75, 3.05) is 39.3 Å². The third-order valence-corrected chi connectivity index (χ3v) is 3.56. The Morgan fingerprint density at radius 1 is 1.20 bits per heavy atom. The highest BCUT2D eigenvalue weighted by atomic mass is 16.4. The minimum Gasteiger partial charge on any atom is -0.481 e. The standard InChI is InChI=1S/C12H20N4O4/c17-10(18)8-9-11(19)14-4-7-16(9)12(20)15-5-1-2-13-3-6-15/h9,13H,1-8H2,(H,14,19)(H,17,18). The lowest BCUT2D eigenvalue weighted by molar-refractivity contribution is -0.142. The van der Waals surface area contributed by atoms with Crippen LogP contribution < -0.4 is 10.6 Å². The van der Waals surface area contributed by atoms with Crippen LogP contribution >= 0.6 is 0 Å². The lowest BCUT2D eigenvalue weighted by Gasteiger charge is -2.37. The molecule has 3 N–H and O–H groups in total.